The molecule has 33 heavy (non-hydrogen) atoms. The van der Waals surface area contributed by atoms with Crippen LogP contribution >= 0.6 is 23.5 Å². The fraction of sp³-hybridized carbons (Fsp3) is 0.435. The number of halogens is 5. The molecule has 0 aliphatic heterocycles. The van der Waals surface area contributed by atoms with Gasteiger partial charge in [0.25, 0.3) is 5.91 Å². The largest absolute Gasteiger partial charge is 0.573 e. The van der Waals surface area contributed by atoms with Crippen LogP contribution in [0.3, 0.4) is 0 Å². The molecule has 2 saturated carbocycles. The van der Waals surface area contributed by atoms with E-state index in [1.54, 1.807) is 0 Å². The van der Waals surface area contributed by atoms with Crippen LogP contribution in [0.1, 0.15) is 39.5 Å². The minimum Gasteiger partial charge on any atom is -0.489 e. The summed E-state index contributed by atoms with van der Waals surface area (Å²) in [4.78, 5) is 12.2. The van der Waals surface area contributed by atoms with Crippen LogP contribution in [0.5, 0.6) is 11.5 Å². The molecule has 1 amide bonds. The number of alkyl halides is 3. The smallest absolute Gasteiger partial charge is 0.489 e. The molecule has 0 spiro atoms. The third-order valence-corrected chi connectivity index (χ3v) is 6.34. The number of hydrogen-bond acceptors (Lipinski definition) is 4. The lowest BCUT2D eigenvalue weighted by molar-refractivity contribution is -0.274. The number of carbonyl (C=O) groups excluding carboxylic acids is 1. The van der Waals surface area contributed by atoms with Crippen LogP contribution in [-0.4, -0.2) is 24.1 Å². The van der Waals surface area contributed by atoms with E-state index in [2.05, 4.69) is 9.46 Å². The van der Waals surface area contributed by atoms with Crippen LogP contribution in [0.25, 0.3) is 0 Å². The molecule has 3 rings (SSSR count). The van der Waals surface area contributed by atoms with E-state index in [1.165, 1.54) is 31.0 Å². The van der Waals surface area contributed by atoms with Gasteiger partial charge < -0.3 is 9.47 Å². The Morgan fingerprint density at radius 3 is 2.45 bits per heavy atom. The van der Waals surface area contributed by atoms with Crippen LogP contribution in [0.15, 0.2) is 52.9 Å². The first-order valence-electron chi connectivity index (χ1n) is 10.4. The zero-order valence-electron chi connectivity index (χ0n) is 18.1. The van der Waals surface area contributed by atoms with Crippen LogP contribution < -0.4 is 14.2 Å². The molecule has 0 aromatic heterocycles. The van der Waals surface area contributed by atoms with Crippen molar-refractivity contribution in [2.45, 2.75) is 51.1 Å². The third-order valence-electron chi connectivity index (χ3n) is 5.01. The van der Waals surface area contributed by atoms with Crippen molar-refractivity contribution in [2.75, 3.05) is 6.61 Å². The summed E-state index contributed by atoms with van der Waals surface area (Å²) in [6.07, 6.45) is 2.18. The summed E-state index contributed by atoms with van der Waals surface area (Å²) < 4.78 is 64.8. The molecule has 180 valence electrons. The quantitative estimate of drug-likeness (QED) is 0.160. The summed E-state index contributed by atoms with van der Waals surface area (Å²) in [7, 11) is 0. The van der Waals surface area contributed by atoms with Gasteiger partial charge in [-0.1, -0.05) is 17.7 Å². The van der Waals surface area contributed by atoms with Gasteiger partial charge in [-0.25, -0.2) is 4.39 Å². The second-order valence-electron chi connectivity index (χ2n) is 7.87. The molecule has 2 aliphatic rings. The fourth-order valence-electron chi connectivity index (χ4n) is 3.03. The van der Waals surface area contributed by atoms with E-state index in [1.807, 2.05) is 13.0 Å². The Labute approximate surface area is 199 Å². The normalized spacial score (nSPS) is 18.0. The summed E-state index contributed by atoms with van der Waals surface area (Å²) in [5.74, 6) is -1.43. The highest BCUT2D eigenvalue weighted by Gasteiger charge is 2.32. The molecule has 1 N–H and O–H groups in total. The molecule has 2 aliphatic carbocycles. The van der Waals surface area contributed by atoms with Gasteiger partial charge >= 0.3 is 6.36 Å². The van der Waals surface area contributed by atoms with Gasteiger partial charge in [0.05, 0.1) is 5.57 Å². The first-order chi connectivity index (χ1) is 15.6. The maximum atomic E-state index is 14.9. The lowest BCUT2D eigenvalue weighted by atomic mass is 10.0. The minimum atomic E-state index is -4.87. The molecule has 4 nitrogen and oxygen atoms in total. The summed E-state index contributed by atoms with van der Waals surface area (Å²) in [5.41, 5.74) is 1.31. The molecular formula is C23H24ClF4NO3S. The standard InChI is InChI=1S/C23H24ClF4NO3S/c1-3-20(14-4-5-14)15(8-21(25)13(2)22(30)29-33-19-6-7-19)12-31-17-9-16(24)10-18(11-17)32-23(26,27)28/h3,8-11,14,19H,4-7,12H2,1-2H3,(H,29,30)/b15-8-,20-3-,21-13-. The van der Waals surface area contributed by atoms with Crippen molar-refractivity contribution in [3.05, 3.63) is 57.9 Å². The van der Waals surface area contributed by atoms with Crippen molar-refractivity contribution >= 4 is 29.5 Å². The fourth-order valence-corrected chi connectivity index (χ4v) is 4.04. The van der Waals surface area contributed by atoms with E-state index in [-0.39, 0.29) is 28.9 Å². The van der Waals surface area contributed by atoms with Crippen LogP contribution in [0.2, 0.25) is 5.02 Å². The number of rotatable bonds is 10. The maximum absolute atomic E-state index is 14.9. The highest BCUT2D eigenvalue weighted by Crippen LogP contribution is 2.41. The second kappa shape index (κ2) is 10.9. The molecule has 0 bridgehead atoms. The monoisotopic (exact) mass is 505 g/mol. The lowest BCUT2D eigenvalue weighted by Gasteiger charge is -2.15. The van der Waals surface area contributed by atoms with Gasteiger partial charge in [0.1, 0.15) is 23.9 Å². The molecule has 10 heteroatoms. The number of benzene rings is 1. The summed E-state index contributed by atoms with van der Waals surface area (Å²) >= 11 is 7.19. The maximum Gasteiger partial charge on any atom is 0.573 e. The van der Waals surface area contributed by atoms with Gasteiger partial charge in [-0.05, 0) is 86.8 Å². The third kappa shape index (κ3) is 8.30. The van der Waals surface area contributed by atoms with E-state index in [4.69, 9.17) is 16.3 Å². The van der Waals surface area contributed by atoms with Gasteiger partial charge in [0.2, 0.25) is 0 Å². The zero-order chi connectivity index (χ0) is 24.2. The average molecular weight is 506 g/mol. The van der Waals surface area contributed by atoms with Crippen molar-refractivity contribution in [3.63, 3.8) is 0 Å². The Kier molecular flexibility index (Phi) is 8.39. The van der Waals surface area contributed by atoms with E-state index in [0.29, 0.717) is 10.8 Å². The molecule has 0 heterocycles. The van der Waals surface area contributed by atoms with Gasteiger partial charge in [-0.2, -0.15) is 0 Å². The summed E-state index contributed by atoms with van der Waals surface area (Å²) in [6, 6.07) is 3.42. The second-order valence-corrected chi connectivity index (χ2v) is 9.41. The molecule has 2 fully saturated rings. The predicted molar refractivity (Wildman–Crippen MR) is 121 cm³/mol. The molecule has 0 radical (unpaired) electrons. The lowest BCUT2D eigenvalue weighted by Crippen LogP contribution is -2.18. The number of carbonyl (C=O) groups is 1. The van der Waals surface area contributed by atoms with Crippen molar-refractivity contribution in [3.8, 4) is 11.5 Å². The van der Waals surface area contributed by atoms with Crippen LogP contribution in [0.4, 0.5) is 17.6 Å². The molecule has 0 unspecified atom stereocenters. The van der Waals surface area contributed by atoms with Gasteiger partial charge in [-0.3, -0.25) is 9.52 Å². The van der Waals surface area contributed by atoms with E-state index < -0.39 is 23.8 Å². The average Bonchev–Trinajstić information content (AvgIpc) is 3.62. The Hall–Kier alpha value is -2.13. The number of ether oxygens (including phenoxy) is 2. The topological polar surface area (TPSA) is 47.6 Å². The number of amides is 1. The highest BCUT2D eigenvalue weighted by molar-refractivity contribution is 7.98. The minimum absolute atomic E-state index is 0.00233. The van der Waals surface area contributed by atoms with Gasteiger partial charge in [-0.15, -0.1) is 13.2 Å². The Morgan fingerprint density at radius 1 is 1.21 bits per heavy atom. The van der Waals surface area contributed by atoms with Gasteiger partial charge in [0.15, 0.2) is 0 Å². The van der Waals surface area contributed by atoms with Crippen molar-refractivity contribution in [1.29, 1.82) is 0 Å². The van der Waals surface area contributed by atoms with Crippen molar-refractivity contribution in [1.82, 2.24) is 4.72 Å². The zero-order valence-corrected chi connectivity index (χ0v) is 19.7. The van der Waals surface area contributed by atoms with Gasteiger partial charge in [0, 0.05) is 16.3 Å². The van der Waals surface area contributed by atoms with E-state index >= 15 is 0 Å². The molecular weight excluding hydrogens is 482 g/mol. The first-order valence-corrected chi connectivity index (χ1v) is 11.7. The Morgan fingerprint density at radius 2 is 1.88 bits per heavy atom. The molecule has 1 aromatic carbocycles. The molecule has 0 saturated heterocycles. The predicted octanol–water partition coefficient (Wildman–Crippen LogP) is 7.07. The highest BCUT2D eigenvalue weighted by atomic mass is 35.5. The van der Waals surface area contributed by atoms with Crippen molar-refractivity contribution in [2.24, 2.45) is 5.92 Å². The Bertz CT molecular complexity index is 982. The summed E-state index contributed by atoms with van der Waals surface area (Å²) in [6.45, 7) is 3.10. The van der Waals surface area contributed by atoms with Crippen LogP contribution in [0, 0.1) is 5.92 Å². The number of allylic oxidation sites excluding steroid dienone is 3. The summed E-state index contributed by atoms with van der Waals surface area (Å²) in [5, 5.41) is 0.384. The SMILES string of the molecule is C\C=C(/C(=C\C(F)=C(/C)C(=O)NSC1CC1)COc1cc(Cl)cc(OC(F)(F)F)c1)C1CC1. The van der Waals surface area contributed by atoms with Crippen LogP contribution in [-0.2, 0) is 4.79 Å². The van der Waals surface area contributed by atoms with E-state index in [0.717, 1.165) is 43.4 Å². The van der Waals surface area contributed by atoms with E-state index in [9.17, 15) is 22.4 Å². The first kappa shape index (κ1) is 25.5. The number of hydrogen-bond donors (Lipinski definition) is 1. The van der Waals surface area contributed by atoms with Crippen molar-refractivity contribution < 1.29 is 31.8 Å². The molecule has 0 atom stereocenters. The number of nitrogens with one attached hydrogen (secondary N) is 1. The Balaban J connectivity index is 1.78. The molecule has 1 aromatic rings.